The quantitative estimate of drug-likeness (QED) is 0.319. The highest BCUT2D eigenvalue weighted by atomic mass is 16.5. The van der Waals surface area contributed by atoms with E-state index < -0.39 is 12.6 Å². The minimum Gasteiger partial charge on any atom is -0.454 e. The molecule has 8 nitrogen and oxygen atoms in total. The molecule has 1 amide bonds. The predicted molar refractivity (Wildman–Crippen MR) is 125 cm³/mol. The minimum absolute atomic E-state index is 0.156. The molecule has 0 atom stereocenters. The highest BCUT2D eigenvalue weighted by Gasteiger charge is 2.21. The number of aromatic nitrogens is 2. The number of hydrogen-bond donors (Lipinski definition) is 1. The molecule has 2 aromatic carbocycles. The summed E-state index contributed by atoms with van der Waals surface area (Å²) in [7, 11) is 0. The summed E-state index contributed by atoms with van der Waals surface area (Å²) < 4.78 is 12.2. The molecule has 0 bridgehead atoms. The summed E-state index contributed by atoms with van der Waals surface area (Å²) in [5, 5.41) is 6.73. The lowest BCUT2D eigenvalue weighted by Crippen LogP contribution is -2.18. The van der Waals surface area contributed by atoms with Gasteiger partial charge in [-0.2, -0.15) is 0 Å². The van der Waals surface area contributed by atoms with Crippen molar-refractivity contribution in [1.29, 1.82) is 0 Å². The van der Waals surface area contributed by atoms with Crippen LogP contribution in [0, 0.1) is 20.8 Å². The third-order valence-corrected chi connectivity index (χ3v) is 5.34. The van der Waals surface area contributed by atoms with E-state index in [9.17, 15) is 14.4 Å². The molecule has 0 radical (unpaired) electrons. The summed E-state index contributed by atoms with van der Waals surface area (Å²) in [6.07, 6.45) is 0. The lowest BCUT2D eigenvalue weighted by molar-refractivity contribution is 0.0475. The molecule has 1 N–H and O–H groups in total. The van der Waals surface area contributed by atoms with E-state index in [-0.39, 0.29) is 17.3 Å². The van der Waals surface area contributed by atoms with Crippen molar-refractivity contribution >= 4 is 23.3 Å². The third-order valence-electron chi connectivity index (χ3n) is 5.34. The second-order valence-corrected chi connectivity index (χ2v) is 7.78. The third kappa shape index (κ3) is 4.66. The number of anilines is 1. The molecule has 0 spiro atoms. The Bertz CT molecular complexity index is 1370. The van der Waals surface area contributed by atoms with Crippen molar-refractivity contribution in [1.82, 2.24) is 9.72 Å². The van der Waals surface area contributed by atoms with Crippen LogP contribution in [0.25, 0.3) is 5.82 Å². The molecule has 8 heteroatoms. The zero-order valence-electron chi connectivity index (χ0n) is 19.0. The molecule has 0 fully saturated rings. The van der Waals surface area contributed by atoms with Gasteiger partial charge >= 0.3 is 5.97 Å². The number of Topliss-reactive ketones (excluding diaryl/α,β-unsaturated/α-hetero) is 1. The van der Waals surface area contributed by atoms with Crippen molar-refractivity contribution in [2.45, 2.75) is 20.8 Å². The maximum absolute atomic E-state index is 12.8. The zero-order chi connectivity index (χ0) is 24.2. The van der Waals surface area contributed by atoms with Crippen LogP contribution in [0.4, 0.5) is 5.69 Å². The Labute approximate surface area is 196 Å². The summed E-state index contributed by atoms with van der Waals surface area (Å²) in [4.78, 5) is 38.1. The Morgan fingerprint density at radius 3 is 2.35 bits per heavy atom. The summed E-state index contributed by atoms with van der Waals surface area (Å²) in [5.41, 5.74) is 2.81. The molecule has 0 unspecified atom stereocenters. The van der Waals surface area contributed by atoms with Crippen LogP contribution >= 0.6 is 0 Å². The van der Waals surface area contributed by atoms with Gasteiger partial charge < -0.3 is 14.6 Å². The number of ether oxygens (including phenoxy) is 1. The first-order valence-electron chi connectivity index (χ1n) is 10.6. The molecule has 2 aromatic heterocycles. The minimum atomic E-state index is -0.710. The van der Waals surface area contributed by atoms with Gasteiger partial charge in [-0.25, -0.2) is 4.79 Å². The average molecular weight is 457 g/mol. The predicted octanol–water partition coefficient (Wildman–Crippen LogP) is 4.68. The van der Waals surface area contributed by atoms with Crippen LogP contribution in [0.2, 0.25) is 0 Å². The van der Waals surface area contributed by atoms with Gasteiger partial charge in [0.25, 0.3) is 5.91 Å². The molecule has 34 heavy (non-hydrogen) atoms. The SMILES string of the molecule is Cc1cc(-n2c(C)cc(C(=O)COC(=O)c3ccccc3NC(=O)c3ccccc3)c2C)no1. The number of esters is 1. The van der Waals surface area contributed by atoms with Crippen LogP contribution in [-0.4, -0.2) is 34.0 Å². The summed E-state index contributed by atoms with van der Waals surface area (Å²) in [6.45, 7) is 4.99. The van der Waals surface area contributed by atoms with Gasteiger partial charge in [-0.05, 0) is 51.1 Å². The Morgan fingerprint density at radius 1 is 0.941 bits per heavy atom. The number of benzene rings is 2. The van der Waals surface area contributed by atoms with E-state index in [1.165, 1.54) is 6.07 Å². The number of nitrogens with zero attached hydrogens (tertiary/aromatic N) is 2. The largest absolute Gasteiger partial charge is 0.454 e. The average Bonchev–Trinajstić information content (AvgIpc) is 3.39. The number of carbonyl (C=O) groups excluding carboxylic acids is 3. The van der Waals surface area contributed by atoms with Gasteiger partial charge in [0.1, 0.15) is 5.76 Å². The number of carbonyl (C=O) groups is 3. The fraction of sp³-hybridized carbons (Fsp3) is 0.154. The highest BCUT2D eigenvalue weighted by molar-refractivity contribution is 6.08. The van der Waals surface area contributed by atoms with Gasteiger partial charge in [0.15, 0.2) is 12.4 Å². The summed E-state index contributed by atoms with van der Waals surface area (Å²) >= 11 is 0. The van der Waals surface area contributed by atoms with Crippen molar-refractivity contribution in [2.24, 2.45) is 0 Å². The Kier molecular flexibility index (Phi) is 6.40. The number of aryl methyl sites for hydroxylation is 2. The van der Waals surface area contributed by atoms with Gasteiger partial charge in [0.2, 0.25) is 5.78 Å². The van der Waals surface area contributed by atoms with Crippen molar-refractivity contribution in [3.63, 3.8) is 0 Å². The maximum atomic E-state index is 12.8. The fourth-order valence-corrected chi connectivity index (χ4v) is 3.70. The molecule has 0 saturated carbocycles. The summed E-state index contributed by atoms with van der Waals surface area (Å²) in [5.74, 6) is -0.182. The molecule has 4 rings (SSSR count). The fourth-order valence-electron chi connectivity index (χ4n) is 3.70. The van der Waals surface area contributed by atoms with Crippen LogP contribution < -0.4 is 5.32 Å². The van der Waals surface area contributed by atoms with E-state index in [2.05, 4.69) is 10.5 Å². The number of para-hydroxylation sites is 1. The van der Waals surface area contributed by atoms with Crippen LogP contribution in [0.3, 0.4) is 0 Å². The topological polar surface area (TPSA) is 103 Å². The summed E-state index contributed by atoms with van der Waals surface area (Å²) in [6, 6.07) is 18.6. The number of ketones is 1. The molecule has 4 aromatic rings. The first-order valence-corrected chi connectivity index (χ1v) is 10.6. The van der Waals surface area contributed by atoms with E-state index in [1.807, 2.05) is 13.0 Å². The molecular weight excluding hydrogens is 434 g/mol. The normalized spacial score (nSPS) is 10.7. The van der Waals surface area contributed by atoms with Crippen LogP contribution in [0.5, 0.6) is 0 Å². The monoisotopic (exact) mass is 457 g/mol. The Balaban J connectivity index is 1.47. The second-order valence-electron chi connectivity index (χ2n) is 7.78. The second kappa shape index (κ2) is 9.58. The van der Waals surface area contributed by atoms with Gasteiger partial charge in [-0.1, -0.05) is 35.5 Å². The van der Waals surface area contributed by atoms with Crippen LogP contribution in [-0.2, 0) is 4.74 Å². The lowest BCUT2D eigenvalue weighted by atomic mass is 10.1. The first kappa shape index (κ1) is 22.7. The van der Waals surface area contributed by atoms with Gasteiger partial charge in [0, 0.05) is 28.6 Å². The molecular formula is C26H23N3O5. The van der Waals surface area contributed by atoms with Crippen molar-refractivity contribution in [3.8, 4) is 5.82 Å². The van der Waals surface area contributed by atoms with Crippen molar-refractivity contribution < 1.29 is 23.6 Å². The van der Waals surface area contributed by atoms with Gasteiger partial charge in [-0.3, -0.25) is 14.2 Å². The zero-order valence-corrected chi connectivity index (χ0v) is 19.0. The standard InChI is InChI=1S/C26H23N3O5/c1-16-13-21(18(3)29(16)24-14-17(2)34-28-24)23(30)15-33-26(32)20-11-7-8-12-22(20)27-25(31)19-9-5-4-6-10-19/h4-14H,15H2,1-3H3,(H,27,31). The molecule has 0 aliphatic carbocycles. The van der Waals surface area contributed by atoms with E-state index in [4.69, 9.17) is 9.26 Å². The van der Waals surface area contributed by atoms with Crippen LogP contribution in [0.15, 0.2) is 71.3 Å². The molecule has 0 aliphatic rings. The molecule has 0 saturated heterocycles. The highest BCUT2D eigenvalue weighted by Crippen LogP contribution is 2.22. The lowest BCUT2D eigenvalue weighted by Gasteiger charge is -2.11. The van der Waals surface area contributed by atoms with E-state index in [0.29, 0.717) is 34.1 Å². The number of nitrogens with one attached hydrogen (secondary N) is 1. The van der Waals surface area contributed by atoms with Crippen molar-refractivity contribution in [2.75, 3.05) is 11.9 Å². The number of rotatable bonds is 7. The number of hydrogen-bond acceptors (Lipinski definition) is 6. The Hall–Kier alpha value is -4.46. The smallest absolute Gasteiger partial charge is 0.340 e. The van der Waals surface area contributed by atoms with E-state index in [0.717, 1.165) is 5.69 Å². The van der Waals surface area contributed by atoms with Gasteiger partial charge in [0.05, 0.1) is 11.3 Å². The molecule has 2 heterocycles. The number of amides is 1. The van der Waals surface area contributed by atoms with Crippen LogP contribution in [0.1, 0.15) is 48.2 Å². The maximum Gasteiger partial charge on any atom is 0.340 e. The van der Waals surface area contributed by atoms with E-state index >= 15 is 0 Å². The van der Waals surface area contributed by atoms with Gasteiger partial charge in [-0.15, -0.1) is 0 Å². The Morgan fingerprint density at radius 2 is 1.65 bits per heavy atom. The molecule has 172 valence electrons. The van der Waals surface area contributed by atoms with Crippen molar-refractivity contribution in [3.05, 3.63) is 101 Å². The molecule has 0 aliphatic heterocycles. The van der Waals surface area contributed by atoms with E-state index in [1.54, 1.807) is 73.0 Å². The first-order chi connectivity index (χ1) is 16.3.